The minimum Gasteiger partial charge on any atom is -0.494 e. The summed E-state index contributed by atoms with van der Waals surface area (Å²) in [6.45, 7) is 1.00. The Morgan fingerprint density at radius 2 is 1.87 bits per heavy atom. The van der Waals surface area contributed by atoms with Gasteiger partial charge in [0.05, 0.1) is 11.6 Å². The van der Waals surface area contributed by atoms with E-state index in [0.29, 0.717) is 65.2 Å². The number of H-pyrrole nitrogens is 2. The topological polar surface area (TPSA) is 123 Å². The lowest BCUT2D eigenvalue weighted by atomic mass is 10.1. The Hall–Kier alpha value is -3.87. The van der Waals surface area contributed by atoms with Gasteiger partial charge in [-0.25, -0.2) is 9.89 Å². The molecule has 5 rings (SSSR count). The van der Waals surface area contributed by atoms with Gasteiger partial charge in [-0.2, -0.15) is 23.0 Å². The molecule has 0 bridgehead atoms. The maximum atomic E-state index is 13.3. The van der Waals surface area contributed by atoms with E-state index in [1.165, 1.54) is 0 Å². The average Bonchev–Trinajstić information content (AvgIpc) is 3.48. The maximum absolute atomic E-state index is 13.3. The largest absolute Gasteiger partial charge is 0.494 e. The van der Waals surface area contributed by atoms with Crippen LogP contribution in [0.15, 0.2) is 46.1 Å². The molecule has 0 aliphatic heterocycles. The molecule has 14 heteroatoms. The van der Waals surface area contributed by atoms with Crippen molar-refractivity contribution in [1.29, 1.82) is 0 Å². The molecule has 3 heterocycles. The van der Waals surface area contributed by atoms with E-state index in [1.54, 1.807) is 41.2 Å². The van der Waals surface area contributed by atoms with Crippen molar-refractivity contribution in [1.82, 2.24) is 35.0 Å². The predicted octanol–water partition coefficient (Wildman–Crippen LogP) is 4.74. The van der Waals surface area contributed by atoms with Crippen LogP contribution in [0, 0.1) is 5.92 Å². The first kappa shape index (κ1) is 26.7. The van der Waals surface area contributed by atoms with Gasteiger partial charge in [-0.15, -0.1) is 0 Å². The van der Waals surface area contributed by atoms with Crippen molar-refractivity contribution in [3.63, 3.8) is 0 Å². The summed E-state index contributed by atoms with van der Waals surface area (Å²) in [6, 6.07) is 8.56. The lowest BCUT2D eigenvalue weighted by Gasteiger charge is -2.11. The Morgan fingerprint density at radius 1 is 1.10 bits per heavy atom. The van der Waals surface area contributed by atoms with E-state index >= 15 is 0 Å². The van der Waals surface area contributed by atoms with Crippen LogP contribution in [0.2, 0.25) is 5.02 Å². The van der Waals surface area contributed by atoms with Crippen LogP contribution in [-0.4, -0.2) is 47.8 Å². The molecular formula is C25H25ClF3N7O3. The summed E-state index contributed by atoms with van der Waals surface area (Å²) in [6.07, 6.45) is 0.00777. The van der Waals surface area contributed by atoms with Crippen molar-refractivity contribution >= 4 is 11.6 Å². The van der Waals surface area contributed by atoms with E-state index in [2.05, 4.69) is 25.6 Å². The summed E-state index contributed by atoms with van der Waals surface area (Å²) in [4.78, 5) is 28.3. The molecule has 0 amide bonds. The fourth-order valence-electron chi connectivity index (χ4n) is 4.21. The Balaban J connectivity index is 1.39. The monoisotopic (exact) mass is 563 g/mol. The zero-order valence-electron chi connectivity index (χ0n) is 20.7. The number of tetrazole rings is 1. The van der Waals surface area contributed by atoms with Crippen LogP contribution in [-0.2, 0) is 6.54 Å². The molecule has 10 nitrogen and oxygen atoms in total. The molecule has 1 aliphatic rings. The van der Waals surface area contributed by atoms with Crippen molar-refractivity contribution in [3.8, 4) is 34.0 Å². The highest BCUT2D eigenvalue weighted by Gasteiger charge is 2.26. The average molecular weight is 564 g/mol. The molecular weight excluding hydrogens is 539 g/mol. The maximum Gasteiger partial charge on any atom is 0.389 e. The molecule has 0 radical (unpaired) electrons. The zero-order valence-corrected chi connectivity index (χ0v) is 21.4. The molecule has 0 unspecified atom stereocenters. The number of hydrogen-bond acceptors (Lipinski definition) is 6. The number of alkyl halides is 3. The summed E-state index contributed by atoms with van der Waals surface area (Å²) >= 11 is 6.53. The summed E-state index contributed by atoms with van der Waals surface area (Å²) in [5.74, 6) is 1.09. The third-order valence-electron chi connectivity index (χ3n) is 6.34. The van der Waals surface area contributed by atoms with Crippen LogP contribution < -0.4 is 16.0 Å². The second-order valence-corrected chi connectivity index (χ2v) is 9.89. The number of nitrogens with one attached hydrogen (secondary N) is 2. The lowest BCUT2D eigenvalue weighted by Crippen LogP contribution is -2.25. The second-order valence-electron chi connectivity index (χ2n) is 9.48. The zero-order chi connectivity index (χ0) is 27.6. The highest BCUT2D eigenvalue weighted by molar-refractivity contribution is 6.33. The van der Waals surface area contributed by atoms with Crippen molar-refractivity contribution in [2.75, 3.05) is 6.61 Å². The molecule has 0 saturated heterocycles. The number of hydrogen-bond donors (Lipinski definition) is 2. The van der Waals surface area contributed by atoms with Gasteiger partial charge in [-0.3, -0.25) is 9.48 Å². The number of halogens is 4. The van der Waals surface area contributed by atoms with Gasteiger partial charge in [-0.05, 0) is 84.3 Å². The van der Waals surface area contributed by atoms with Gasteiger partial charge < -0.3 is 9.72 Å². The van der Waals surface area contributed by atoms with Crippen molar-refractivity contribution in [2.24, 2.45) is 5.92 Å². The van der Waals surface area contributed by atoms with E-state index in [4.69, 9.17) is 16.3 Å². The third-order valence-corrected chi connectivity index (χ3v) is 6.62. The Kier molecular flexibility index (Phi) is 7.60. The fraction of sp³-hybridized carbons (Fsp3) is 0.400. The minimum absolute atomic E-state index is 0.0680. The van der Waals surface area contributed by atoms with Crippen LogP contribution in [0.25, 0.3) is 28.2 Å². The Labute approximate surface area is 224 Å². The van der Waals surface area contributed by atoms with E-state index in [-0.39, 0.29) is 12.1 Å². The fourth-order valence-corrected chi connectivity index (χ4v) is 4.46. The third kappa shape index (κ3) is 6.59. The Morgan fingerprint density at radius 3 is 2.54 bits per heavy atom. The first-order valence-electron chi connectivity index (χ1n) is 12.5. The SMILES string of the molecule is O=c1[nH]c(-c2ccc(OCCCCCC(F)(F)F)cc2)cc(-c2nn(CC3CC3)cc2Cl)c1-n1nn[nH]c1=O. The number of benzene rings is 1. The highest BCUT2D eigenvalue weighted by atomic mass is 35.5. The first-order valence-corrected chi connectivity index (χ1v) is 12.9. The molecule has 206 valence electrons. The van der Waals surface area contributed by atoms with Crippen LogP contribution in [0.4, 0.5) is 13.2 Å². The van der Waals surface area contributed by atoms with E-state index < -0.39 is 23.8 Å². The molecule has 0 atom stereocenters. The van der Waals surface area contributed by atoms with Crippen LogP contribution in [0.3, 0.4) is 0 Å². The summed E-state index contributed by atoms with van der Waals surface area (Å²) < 4.78 is 45.0. The number of rotatable bonds is 11. The van der Waals surface area contributed by atoms with Gasteiger partial charge in [0.1, 0.15) is 17.1 Å². The lowest BCUT2D eigenvalue weighted by molar-refractivity contribution is -0.135. The molecule has 1 aromatic carbocycles. The molecule has 1 fully saturated rings. The standard InChI is InChI=1S/C25H25ClF3N7O3/c26-19-14-35(13-15-4-5-15)32-21(19)18-12-20(30-23(37)22(18)36-24(38)31-33-34-36)16-6-8-17(9-7-16)39-11-3-1-2-10-25(27,28)29/h6-9,12,14-15H,1-5,10-11,13H2,(H,30,37)(H,31,34,38). The van der Waals surface area contributed by atoms with Crippen LogP contribution >= 0.6 is 11.6 Å². The first-order chi connectivity index (χ1) is 18.7. The second kappa shape index (κ2) is 11.1. The number of nitrogens with zero attached hydrogens (tertiary/aromatic N) is 5. The number of aromatic amines is 2. The number of unbranched alkanes of at least 4 members (excludes halogenated alkanes) is 2. The molecule has 3 aromatic heterocycles. The van der Waals surface area contributed by atoms with Gasteiger partial charge in [0.15, 0.2) is 0 Å². The normalized spacial score (nSPS) is 13.6. The molecule has 1 aliphatic carbocycles. The van der Waals surface area contributed by atoms with Gasteiger partial charge in [0, 0.05) is 30.4 Å². The molecule has 1 saturated carbocycles. The Bertz CT molecular complexity index is 1550. The van der Waals surface area contributed by atoms with Crippen LogP contribution in [0.5, 0.6) is 5.75 Å². The van der Waals surface area contributed by atoms with Gasteiger partial charge in [0.2, 0.25) is 0 Å². The number of pyridine rings is 1. The summed E-state index contributed by atoms with van der Waals surface area (Å²) in [5.41, 5.74) is 0.388. The predicted molar refractivity (Wildman–Crippen MR) is 137 cm³/mol. The van der Waals surface area contributed by atoms with E-state index in [0.717, 1.165) is 17.5 Å². The van der Waals surface area contributed by atoms with Crippen molar-refractivity contribution in [3.05, 3.63) is 62.4 Å². The molecule has 4 aromatic rings. The van der Waals surface area contributed by atoms with Crippen molar-refractivity contribution < 1.29 is 17.9 Å². The number of aromatic nitrogens is 7. The summed E-state index contributed by atoms with van der Waals surface area (Å²) in [5, 5.41) is 14.3. The van der Waals surface area contributed by atoms with E-state index in [9.17, 15) is 22.8 Å². The minimum atomic E-state index is -4.14. The van der Waals surface area contributed by atoms with Crippen LogP contribution in [0.1, 0.15) is 38.5 Å². The quantitative estimate of drug-likeness (QED) is 0.254. The molecule has 39 heavy (non-hydrogen) atoms. The highest BCUT2D eigenvalue weighted by Crippen LogP contribution is 2.35. The number of ether oxygens (including phenoxy) is 1. The smallest absolute Gasteiger partial charge is 0.389 e. The molecule has 0 spiro atoms. The summed E-state index contributed by atoms with van der Waals surface area (Å²) in [7, 11) is 0. The van der Waals surface area contributed by atoms with Gasteiger partial charge in [0.25, 0.3) is 5.56 Å². The van der Waals surface area contributed by atoms with Gasteiger partial charge >= 0.3 is 11.9 Å². The molecule has 2 N–H and O–H groups in total. The van der Waals surface area contributed by atoms with Gasteiger partial charge in [-0.1, -0.05) is 11.6 Å². The van der Waals surface area contributed by atoms with Crippen molar-refractivity contribution in [2.45, 2.75) is 51.2 Å². The van der Waals surface area contributed by atoms with E-state index in [1.807, 2.05) is 0 Å².